The molecule has 2 atom stereocenters. The third-order valence-corrected chi connectivity index (χ3v) is 9.16. The highest BCUT2D eigenvalue weighted by molar-refractivity contribution is 9.10. The maximum Gasteiger partial charge on any atom is 0.255 e. The summed E-state index contributed by atoms with van der Waals surface area (Å²) in [6.07, 6.45) is 3.44. The quantitative estimate of drug-likeness (QED) is 0.181. The zero-order valence-electron chi connectivity index (χ0n) is 24.7. The van der Waals surface area contributed by atoms with Gasteiger partial charge in [0, 0.05) is 42.6 Å². The summed E-state index contributed by atoms with van der Waals surface area (Å²) in [5.74, 6) is 1.16. The number of carbonyl (C=O) groups excluding carboxylic acids is 1. The van der Waals surface area contributed by atoms with E-state index in [0.29, 0.717) is 31.1 Å². The van der Waals surface area contributed by atoms with Crippen LogP contribution < -0.4 is 4.74 Å². The lowest BCUT2D eigenvalue weighted by molar-refractivity contribution is -0.140. The van der Waals surface area contributed by atoms with Gasteiger partial charge in [-0.25, -0.2) is 4.99 Å². The summed E-state index contributed by atoms with van der Waals surface area (Å²) in [4.78, 5) is 22.0. The number of halogens is 1. The van der Waals surface area contributed by atoms with E-state index in [1.807, 2.05) is 65.6 Å². The number of aliphatic hydroxyl groups excluding tert-OH is 1. The molecule has 1 fully saturated rings. The summed E-state index contributed by atoms with van der Waals surface area (Å²) in [6.45, 7) is 1.97. The second-order valence-corrected chi connectivity index (χ2v) is 12.3. The van der Waals surface area contributed by atoms with Crippen LogP contribution in [0.3, 0.4) is 0 Å². The molecule has 1 N–H and O–H groups in total. The summed E-state index contributed by atoms with van der Waals surface area (Å²) in [5.41, 5.74) is 3.74. The molecule has 2 heterocycles. The molecule has 0 aromatic heterocycles. The van der Waals surface area contributed by atoms with Gasteiger partial charge in [0.15, 0.2) is 11.6 Å². The standard InChI is InChI=1S/C37H37BrN2O4/c38-33-13-6-5-12-31(33)26-37(36(42)40-22-7-2-8-23-40)34(29-16-14-28(15-17-29)27-10-3-1-4-11-27)44-35(39-37)30-18-20-32(21-19-30)43-25-9-24-41/h1,3-6,10-21,34,41H,2,7-9,22-26H2/t34-,37-/m1/s1. The van der Waals surface area contributed by atoms with Gasteiger partial charge in [-0.15, -0.1) is 0 Å². The maximum absolute atomic E-state index is 14.8. The minimum atomic E-state index is -1.19. The SMILES string of the molecule is O=C(N1CCCCC1)[C@]1(Cc2ccccc2Br)N=C(c2ccc(OCCCO)cc2)O[C@@H]1c1ccc(-c2ccccc2)cc1. The van der Waals surface area contributed by atoms with E-state index in [-0.39, 0.29) is 12.5 Å². The number of aliphatic hydroxyl groups is 1. The number of hydrogen-bond acceptors (Lipinski definition) is 5. The van der Waals surface area contributed by atoms with Crippen molar-refractivity contribution < 1.29 is 19.4 Å². The molecule has 0 spiro atoms. The molecule has 2 aliphatic rings. The summed E-state index contributed by atoms with van der Waals surface area (Å²) in [5, 5.41) is 9.09. The third-order valence-electron chi connectivity index (χ3n) is 8.39. The number of likely N-dealkylation sites (tertiary alicyclic amines) is 1. The van der Waals surface area contributed by atoms with Gasteiger partial charge in [0.05, 0.1) is 6.61 Å². The molecule has 1 amide bonds. The second-order valence-electron chi connectivity index (χ2n) is 11.4. The number of aliphatic imine (C=N–C) groups is 1. The Morgan fingerprint density at radius 2 is 1.52 bits per heavy atom. The van der Waals surface area contributed by atoms with Crippen LogP contribution in [0.1, 0.15) is 48.5 Å². The Labute approximate surface area is 267 Å². The van der Waals surface area contributed by atoms with E-state index in [1.165, 1.54) is 0 Å². The number of carbonyl (C=O) groups is 1. The number of ether oxygens (including phenoxy) is 2. The van der Waals surface area contributed by atoms with Crippen LogP contribution >= 0.6 is 15.9 Å². The minimum absolute atomic E-state index is 0.00375. The highest BCUT2D eigenvalue weighted by atomic mass is 79.9. The van der Waals surface area contributed by atoms with Gasteiger partial charge in [-0.05, 0) is 71.8 Å². The van der Waals surface area contributed by atoms with Gasteiger partial charge in [0.25, 0.3) is 5.91 Å². The molecule has 44 heavy (non-hydrogen) atoms. The van der Waals surface area contributed by atoms with Crippen LogP contribution in [0.5, 0.6) is 5.75 Å². The van der Waals surface area contributed by atoms with E-state index in [0.717, 1.165) is 64.6 Å². The first-order valence-electron chi connectivity index (χ1n) is 15.4. The van der Waals surface area contributed by atoms with Crippen molar-refractivity contribution in [3.05, 3.63) is 124 Å². The molecule has 226 valence electrons. The Balaban J connectivity index is 1.43. The van der Waals surface area contributed by atoms with Crippen LogP contribution in [0.25, 0.3) is 11.1 Å². The first-order chi connectivity index (χ1) is 21.6. The number of benzene rings is 4. The number of piperidine rings is 1. The van der Waals surface area contributed by atoms with Crippen molar-refractivity contribution in [2.45, 2.75) is 43.7 Å². The molecule has 0 aliphatic carbocycles. The van der Waals surface area contributed by atoms with Gasteiger partial charge in [-0.3, -0.25) is 4.79 Å². The molecular formula is C37H37BrN2O4. The fourth-order valence-electron chi connectivity index (χ4n) is 6.05. The summed E-state index contributed by atoms with van der Waals surface area (Å²) in [6, 6.07) is 34.2. The van der Waals surface area contributed by atoms with Gasteiger partial charge in [-0.2, -0.15) is 0 Å². The van der Waals surface area contributed by atoms with Crippen LogP contribution in [-0.2, 0) is 16.0 Å². The molecule has 6 nitrogen and oxygen atoms in total. The van der Waals surface area contributed by atoms with Gasteiger partial charge in [0.1, 0.15) is 5.75 Å². The molecule has 0 bridgehead atoms. The fraction of sp³-hybridized carbons (Fsp3) is 0.297. The van der Waals surface area contributed by atoms with Crippen molar-refractivity contribution in [3.8, 4) is 16.9 Å². The van der Waals surface area contributed by atoms with Crippen molar-refractivity contribution in [1.29, 1.82) is 0 Å². The fourth-order valence-corrected chi connectivity index (χ4v) is 6.48. The largest absolute Gasteiger partial charge is 0.494 e. The van der Waals surface area contributed by atoms with Crippen LogP contribution in [0.2, 0.25) is 0 Å². The maximum atomic E-state index is 14.8. The van der Waals surface area contributed by atoms with E-state index >= 15 is 0 Å². The van der Waals surface area contributed by atoms with Crippen LogP contribution in [0.15, 0.2) is 113 Å². The number of hydrogen-bond donors (Lipinski definition) is 1. The highest BCUT2D eigenvalue weighted by Gasteiger charge is 2.55. The predicted molar refractivity (Wildman–Crippen MR) is 177 cm³/mol. The second kappa shape index (κ2) is 13.8. The minimum Gasteiger partial charge on any atom is -0.494 e. The zero-order chi connectivity index (χ0) is 30.4. The van der Waals surface area contributed by atoms with Crippen molar-refractivity contribution in [2.24, 2.45) is 4.99 Å². The molecule has 7 heteroatoms. The lowest BCUT2D eigenvalue weighted by atomic mass is 9.81. The zero-order valence-corrected chi connectivity index (χ0v) is 26.3. The van der Waals surface area contributed by atoms with Crippen LogP contribution in [0.4, 0.5) is 0 Å². The summed E-state index contributed by atoms with van der Waals surface area (Å²) in [7, 11) is 0. The van der Waals surface area contributed by atoms with Crippen molar-refractivity contribution in [3.63, 3.8) is 0 Å². The Hall–Kier alpha value is -3.94. The molecule has 4 aromatic carbocycles. The topological polar surface area (TPSA) is 71.4 Å². The first kappa shape index (κ1) is 30.1. The van der Waals surface area contributed by atoms with Crippen LogP contribution in [0, 0.1) is 0 Å². The van der Waals surface area contributed by atoms with E-state index in [2.05, 4.69) is 58.4 Å². The summed E-state index contributed by atoms with van der Waals surface area (Å²) >= 11 is 3.73. The van der Waals surface area contributed by atoms with Gasteiger partial charge in [0.2, 0.25) is 5.90 Å². The van der Waals surface area contributed by atoms with Crippen molar-refractivity contribution in [1.82, 2.24) is 4.90 Å². The smallest absolute Gasteiger partial charge is 0.255 e. The lowest BCUT2D eigenvalue weighted by Gasteiger charge is -2.37. The lowest BCUT2D eigenvalue weighted by Crippen LogP contribution is -2.53. The summed E-state index contributed by atoms with van der Waals surface area (Å²) < 4.78 is 13.5. The van der Waals surface area contributed by atoms with E-state index in [9.17, 15) is 4.79 Å². The van der Waals surface area contributed by atoms with Gasteiger partial charge in [-0.1, -0.05) is 88.7 Å². The molecular weight excluding hydrogens is 616 g/mol. The Morgan fingerprint density at radius 1 is 0.864 bits per heavy atom. The Morgan fingerprint density at radius 3 is 2.23 bits per heavy atom. The predicted octanol–water partition coefficient (Wildman–Crippen LogP) is 7.39. The van der Waals surface area contributed by atoms with Gasteiger partial charge < -0.3 is 19.5 Å². The monoisotopic (exact) mass is 652 g/mol. The first-order valence-corrected chi connectivity index (χ1v) is 16.2. The third kappa shape index (κ3) is 6.44. The average molecular weight is 654 g/mol. The normalized spacial score (nSPS) is 19.7. The molecule has 0 saturated carbocycles. The molecule has 0 unspecified atom stereocenters. The van der Waals surface area contributed by atoms with Gasteiger partial charge >= 0.3 is 0 Å². The van der Waals surface area contributed by atoms with Crippen molar-refractivity contribution in [2.75, 3.05) is 26.3 Å². The Bertz CT molecular complexity index is 1580. The van der Waals surface area contributed by atoms with E-state index < -0.39 is 11.6 Å². The number of amides is 1. The number of rotatable bonds is 10. The molecule has 6 rings (SSSR count). The molecule has 1 saturated heterocycles. The van der Waals surface area contributed by atoms with Crippen LogP contribution in [-0.4, -0.2) is 53.7 Å². The van der Waals surface area contributed by atoms with E-state index in [4.69, 9.17) is 19.6 Å². The molecule has 2 aliphatic heterocycles. The Kier molecular flexibility index (Phi) is 9.43. The van der Waals surface area contributed by atoms with Crippen molar-refractivity contribution >= 4 is 27.7 Å². The number of nitrogens with zero attached hydrogens (tertiary/aromatic N) is 2. The average Bonchev–Trinajstić information content (AvgIpc) is 3.47. The van der Waals surface area contributed by atoms with E-state index in [1.54, 1.807) is 0 Å². The molecule has 4 aromatic rings. The molecule has 0 radical (unpaired) electrons. The highest BCUT2D eigenvalue weighted by Crippen LogP contribution is 2.45.